The SMILES string of the molecule is CN(c1cc(CNC2CC2)c2ccccc2n1)C1CCC1. The lowest BCUT2D eigenvalue weighted by atomic mass is 9.92. The van der Waals surface area contributed by atoms with Crippen molar-refractivity contribution in [3.63, 3.8) is 0 Å². The van der Waals surface area contributed by atoms with Gasteiger partial charge in [0, 0.05) is 31.1 Å². The van der Waals surface area contributed by atoms with E-state index in [2.05, 4.69) is 47.6 Å². The second-order valence-corrected chi connectivity index (χ2v) is 6.51. The minimum Gasteiger partial charge on any atom is -0.357 e. The van der Waals surface area contributed by atoms with E-state index < -0.39 is 0 Å². The fourth-order valence-electron chi connectivity index (χ4n) is 3.06. The van der Waals surface area contributed by atoms with Crippen molar-refractivity contribution < 1.29 is 0 Å². The van der Waals surface area contributed by atoms with Crippen molar-refractivity contribution in [2.75, 3.05) is 11.9 Å². The summed E-state index contributed by atoms with van der Waals surface area (Å²) in [6.45, 7) is 0.958. The molecule has 110 valence electrons. The first-order valence-corrected chi connectivity index (χ1v) is 8.16. The lowest BCUT2D eigenvalue weighted by Crippen LogP contribution is -2.37. The third-order valence-corrected chi connectivity index (χ3v) is 4.93. The number of rotatable bonds is 5. The molecule has 0 amide bonds. The van der Waals surface area contributed by atoms with E-state index in [1.807, 2.05) is 0 Å². The first kappa shape index (κ1) is 13.1. The van der Waals surface area contributed by atoms with Gasteiger partial charge in [-0.05, 0) is 49.8 Å². The summed E-state index contributed by atoms with van der Waals surface area (Å²) < 4.78 is 0. The third kappa shape index (κ3) is 2.62. The Balaban J connectivity index is 1.69. The van der Waals surface area contributed by atoms with Crippen LogP contribution >= 0.6 is 0 Å². The molecule has 0 aliphatic heterocycles. The number of fused-ring (bicyclic) bond motifs is 1. The van der Waals surface area contributed by atoms with Crippen LogP contribution in [0, 0.1) is 0 Å². The number of anilines is 1. The summed E-state index contributed by atoms with van der Waals surface area (Å²) in [5.41, 5.74) is 2.50. The summed E-state index contributed by atoms with van der Waals surface area (Å²) in [4.78, 5) is 7.25. The number of hydrogen-bond donors (Lipinski definition) is 1. The van der Waals surface area contributed by atoms with Gasteiger partial charge in [0.15, 0.2) is 0 Å². The van der Waals surface area contributed by atoms with Gasteiger partial charge in [0.2, 0.25) is 0 Å². The van der Waals surface area contributed by atoms with E-state index in [1.54, 1.807) is 0 Å². The minimum absolute atomic E-state index is 0.683. The minimum atomic E-state index is 0.683. The van der Waals surface area contributed by atoms with E-state index in [0.717, 1.165) is 23.9 Å². The summed E-state index contributed by atoms with van der Waals surface area (Å²) in [6.07, 6.45) is 6.63. The smallest absolute Gasteiger partial charge is 0.129 e. The molecule has 4 rings (SSSR count). The Kier molecular flexibility index (Phi) is 3.30. The average molecular weight is 281 g/mol. The molecule has 2 saturated carbocycles. The van der Waals surface area contributed by atoms with Gasteiger partial charge < -0.3 is 10.2 Å². The predicted octanol–water partition coefficient (Wildman–Crippen LogP) is 3.48. The highest BCUT2D eigenvalue weighted by Gasteiger charge is 2.24. The highest BCUT2D eigenvalue weighted by atomic mass is 15.2. The summed E-state index contributed by atoms with van der Waals surface area (Å²) in [6, 6.07) is 12.2. The molecule has 1 heterocycles. The molecule has 21 heavy (non-hydrogen) atoms. The monoisotopic (exact) mass is 281 g/mol. The normalized spacial score (nSPS) is 18.7. The van der Waals surface area contributed by atoms with E-state index in [1.165, 1.54) is 43.1 Å². The topological polar surface area (TPSA) is 28.2 Å². The van der Waals surface area contributed by atoms with Crippen molar-refractivity contribution in [2.45, 2.75) is 50.7 Å². The number of benzene rings is 1. The Morgan fingerprint density at radius 3 is 2.71 bits per heavy atom. The molecule has 3 heteroatoms. The standard InChI is InChI=1S/C18H23N3/c1-21(15-5-4-6-15)18-11-13(12-19-14-9-10-14)16-7-2-3-8-17(16)20-18/h2-3,7-8,11,14-15,19H,4-6,9-10,12H2,1H3. The molecular weight excluding hydrogens is 258 g/mol. The number of nitrogens with one attached hydrogen (secondary N) is 1. The van der Waals surface area contributed by atoms with Crippen LogP contribution in [-0.4, -0.2) is 24.1 Å². The predicted molar refractivity (Wildman–Crippen MR) is 87.6 cm³/mol. The molecule has 0 unspecified atom stereocenters. The fourth-order valence-corrected chi connectivity index (χ4v) is 3.06. The summed E-state index contributed by atoms with van der Waals surface area (Å²) in [5.74, 6) is 1.13. The van der Waals surface area contributed by atoms with Crippen LogP contribution in [0.2, 0.25) is 0 Å². The highest BCUT2D eigenvalue weighted by Crippen LogP contribution is 2.30. The molecular formula is C18H23N3. The van der Waals surface area contributed by atoms with Crippen molar-refractivity contribution >= 4 is 16.7 Å². The molecule has 1 aromatic carbocycles. The van der Waals surface area contributed by atoms with E-state index in [4.69, 9.17) is 4.98 Å². The molecule has 0 saturated heterocycles. The maximum Gasteiger partial charge on any atom is 0.129 e. The lowest BCUT2D eigenvalue weighted by Gasteiger charge is -2.35. The molecule has 1 aromatic heterocycles. The maximum atomic E-state index is 4.88. The summed E-state index contributed by atoms with van der Waals surface area (Å²) in [5, 5.41) is 4.93. The van der Waals surface area contributed by atoms with Crippen LogP contribution < -0.4 is 10.2 Å². The zero-order chi connectivity index (χ0) is 14.2. The van der Waals surface area contributed by atoms with Crippen molar-refractivity contribution in [3.05, 3.63) is 35.9 Å². The van der Waals surface area contributed by atoms with Crippen LogP contribution in [0.4, 0.5) is 5.82 Å². The highest BCUT2D eigenvalue weighted by molar-refractivity contribution is 5.84. The number of hydrogen-bond acceptors (Lipinski definition) is 3. The van der Waals surface area contributed by atoms with Gasteiger partial charge >= 0.3 is 0 Å². The van der Waals surface area contributed by atoms with Gasteiger partial charge in [-0.2, -0.15) is 0 Å². The molecule has 0 spiro atoms. The van der Waals surface area contributed by atoms with Gasteiger partial charge in [-0.3, -0.25) is 0 Å². The molecule has 0 atom stereocenters. The molecule has 3 nitrogen and oxygen atoms in total. The summed E-state index contributed by atoms with van der Waals surface area (Å²) in [7, 11) is 2.19. The summed E-state index contributed by atoms with van der Waals surface area (Å²) >= 11 is 0. The maximum absolute atomic E-state index is 4.88. The van der Waals surface area contributed by atoms with Gasteiger partial charge in [0.1, 0.15) is 5.82 Å². The van der Waals surface area contributed by atoms with E-state index in [0.29, 0.717) is 6.04 Å². The second-order valence-electron chi connectivity index (χ2n) is 6.51. The van der Waals surface area contributed by atoms with Gasteiger partial charge in [-0.1, -0.05) is 18.2 Å². The molecule has 2 aromatic rings. The average Bonchev–Trinajstić information content (AvgIpc) is 3.26. The van der Waals surface area contributed by atoms with Crippen LogP contribution in [0.25, 0.3) is 10.9 Å². The Morgan fingerprint density at radius 2 is 2.00 bits per heavy atom. The van der Waals surface area contributed by atoms with E-state index in [-0.39, 0.29) is 0 Å². The van der Waals surface area contributed by atoms with Gasteiger partial charge in [-0.25, -0.2) is 4.98 Å². The zero-order valence-corrected chi connectivity index (χ0v) is 12.7. The zero-order valence-electron chi connectivity index (χ0n) is 12.7. The Morgan fingerprint density at radius 1 is 1.19 bits per heavy atom. The Bertz CT molecular complexity index is 644. The van der Waals surface area contributed by atoms with Crippen LogP contribution in [0.3, 0.4) is 0 Å². The molecule has 2 fully saturated rings. The van der Waals surface area contributed by atoms with Crippen LogP contribution in [0.5, 0.6) is 0 Å². The number of nitrogens with zero attached hydrogens (tertiary/aromatic N) is 2. The molecule has 2 aliphatic rings. The Hall–Kier alpha value is -1.61. The molecule has 0 bridgehead atoms. The van der Waals surface area contributed by atoms with Crippen LogP contribution in [0.15, 0.2) is 30.3 Å². The van der Waals surface area contributed by atoms with E-state index >= 15 is 0 Å². The molecule has 2 aliphatic carbocycles. The fraction of sp³-hybridized carbons (Fsp3) is 0.500. The van der Waals surface area contributed by atoms with Gasteiger partial charge in [0.05, 0.1) is 5.52 Å². The van der Waals surface area contributed by atoms with Crippen molar-refractivity contribution in [3.8, 4) is 0 Å². The van der Waals surface area contributed by atoms with Crippen molar-refractivity contribution in [1.29, 1.82) is 0 Å². The number of aromatic nitrogens is 1. The van der Waals surface area contributed by atoms with E-state index in [9.17, 15) is 0 Å². The Labute approximate surface area is 126 Å². The number of para-hydroxylation sites is 1. The van der Waals surface area contributed by atoms with Crippen LogP contribution in [-0.2, 0) is 6.54 Å². The largest absolute Gasteiger partial charge is 0.357 e. The number of pyridine rings is 1. The quantitative estimate of drug-likeness (QED) is 0.909. The van der Waals surface area contributed by atoms with Crippen molar-refractivity contribution in [1.82, 2.24) is 10.3 Å². The first-order valence-electron chi connectivity index (χ1n) is 8.16. The third-order valence-electron chi connectivity index (χ3n) is 4.93. The second kappa shape index (κ2) is 5.30. The van der Waals surface area contributed by atoms with Crippen LogP contribution in [0.1, 0.15) is 37.7 Å². The van der Waals surface area contributed by atoms with Gasteiger partial charge in [-0.15, -0.1) is 0 Å². The first-order chi connectivity index (χ1) is 10.3. The lowest BCUT2D eigenvalue weighted by molar-refractivity contribution is 0.399. The van der Waals surface area contributed by atoms with Gasteiger partial charge in [0.25, 0.3) is 0 Å². The van der Waals surface area contributed by atoms with Crippen molar-refractivity contribution in [2.24, 2.45) is 0 Å². The molecule has 1 N–H and O–H groups in total. The molecule has 0 radical (unpaired) electrons.